The zero-order chi connectivity index (χ0) is 23.2. The maximum atomic E-state index is 12.9. The van der Waals surface area contributed by atoms with Crippen molar-refractivity contribution in [2.75, 3.05) is 18.5 Å². The number of nitrogens with zero attached hydrogens (tertiary/aromatic N) is 7. The second kappa shape index (κ2) is 9.99. The van der Waals surface area contributed by atoms with E-state index in [2.05, 4.69) is 30.6 Å². The smallest absolute Gasteiger partial charge is 0.269 e. The zero-order valence-electron chi connectivity index (χ0n) is 17.3. The largest absolute Gasteiger partial charge is 0.460 e. The van der Waals surface area contributed by atoms with Crippen molar-refractivity contribution in [2.24, 2.45) is 0 Å². The van der Waals surface area contributed by atoms with Crippen LogP contribution in [0.5, 0.6) is 5.88 Å². The average molecular weight is 465 g/mol. The molecule has 0 aliphatic rings. The van der Waals surface area contributed by atoms with E-state index in [1.807, 2.05) is 12.1 Å². The summed E-state index contributed by atoms with van der Waals surface area (Å²) in [5.41, 5.74) is 1.57. The van der Waals surface area contributed by atoms with Crippen molar-refractivity contribution in [2.45, 2.75) is 13.0 Å². The molecule has 0 spiro atoms. The van der Waals surface area contributed by atoms with E-state index in [1.165, 1.54) is 23.3 Å². The van der Waals surface area contributed by atoms with Gasteiger partial charge in [-0.2, -0.15) is 14.9 Å². The second-order valence-electron chi connectivity index (χ2n) is 6.60. The summed E-state index contributed by atoms with van der Waals surface area (Å²) >= 11 is 6.28. The van der Waals surface area contributed by atoms with Gasteiger partial charge in [-0.15, -0.1) is 5.10 Å². The molecule has 0 bridgehead atoms. The van der Waals surface area contributed by atoms with Crippen molar-refractivity contribution in [1.29, 1.82) is 5.26 Å². The molecule has 0 radical (unpaired) electrons. The minimum atomic E-state index is -1.06. The molecule has 4 aromatic rings. The molecule has 1 aromatic carbocycles. The SMILES string of the molecule is CCOC[C@H](Oc1ncnc2c1nnn2-c1ccccc1Cl)C(=O)Nc1ccc(C#N)cn1. The Labute approximate surface area is 193 Å². The first-order valence-electron chi connectivity index (χ1n) is 9.83. The van der Waals surface area contributed by atoms with Crippen LogP contribution in [0.25, 0.3) is 16.9 Å². The lowest BCUT2D eigenvalue weighted by Crippen LogP contribution is -2.37. The third-order valence-electron chi connectivity index (χ3n) is 4.45. The van der Waals surface area contributed by atoms with Gasteiger partial charge in [-0.3, -0.25) is 4.79 Å². The molecular weight excluding hydrogens is 448 g/mol. The van der Waals surface area contributed by atoms with E-state index < -0.39 is 12.0 Å². The quantitative estimate of drug-likeness (QED) is 0.416. The van der Waals surface area contributed by atoms with Crippen LogP contribution in [0.4, 0.5) is 5.82 Å². The van der Waals surface area contributed by atoms with Crippen LogP contribution in [0.3, 0.4) is 0 Å². The molecule has 0 aliphatic carbocycles. The fourth-order valence-electron chi connectivity index (χ4n) is 2.86. The number of para-hydroxylation sites is 1. The molecule has 0 unspecified atom stereocenters. The number of carbonyl (C=O) groups excluding carboxylic acids is 1. The standard InChI is InChI=1S/C21H17ClN8O3/c1-2-32-11-16(20(31)27-17-8-7-13(9-23)10-24-17)33-21-18-19(25-12-26-21)30(29-28-18)15-6-4-3-5-14(15)22/h3-8,10,12,16H,2,11H2,1H3,(H,24,27,31)/t16-/m0/s1. The van der Waals surface area contributed by atoms with Gasteiger partial charge in [0.05, 0.1) is 22.9 Å². The second-order valence-corrected chi connectivity index (χ2v) is 7.01. The summed E-state index contributed by atoms with van der Waals surface area (Å²) in [6, 6.07) is 12.1. The molecule has 1 N–H and O–H groups in total. The number of nitriles is 1. The molecule has 0 saturated carbocycles. The van der Waals surface area contributed by atoms with Gasteiger partial charge in [0, 0.05) is 12.8 Å². The fraction of sp³-hybridized carbons (Fsp3) is 0.190. The summed E-state index contributed by atoms with van der Waals surface area (Å²) in [6.07, 6.45) is 1.58. The van der Waals surface area contributed by atoms with Gasteiger partial charge in [-0.25, -0.2) is 9.97 Å². The van der Waals surface area contributed by atoms with Crippen molar-refractivity contribution in [3.05, 3.63) is 59.5 Å². The van der Waals surface area contributed by atoms with E-state index in [0.29, 0.717) is 28.5 Å². The molecule has 1 atom stereocenters. The van der Waals surface area contributed by atoms with Crippen LogP contribution < -0.4 is 10.1 Å². The van der Waals surface area contributed by atoms with E-state index in [9.17, 15) is 4.79 Å². The van der Waals surface area contributed by atoms with Gasteiger partial charge in [0.15, 0.2) is 11.2 Å². The minimum Gasteiger partial charge on any atom is -0.460 e. The Morgan fingerprint density at radius 2 is 2.09 bits per heavy atom. The predicted molar refractivity (Wildman–Crippen MR) is 118 cm³/mol. The highest BCUT2D eigenvalue weighted by Crippen LogP contribution is 2.25. The number of fused-ring (bicyclic) bond motifs is 1. The summed E-state index contributed by atoms with van der Waals surface area (Å²) in [7, 11) is 0. The van der Waals surface area contributed by atoms with E-state index in [4.69, 9.17) is 26.3 Å². The number of aromatic nitrogens is 6. The number of benzene rings is 1. The first kappa shape index (κ1) is 22.1. The normalized spacial score (nSPS) is 11.7. The number of pyridine rings is 1. The molecule has 3 aromatic heterocycles. The number of halogens is 1. The molecule has 11 nitrogen and oxygen atoms in total. The highest BCUT2D eigenvalue weighted by molar-refractivity contribution is 6.32. The molecule has 1 amide bonds. The molecule has 0 fully saturated rings. The number of anilines is 1. The summed E-state index contributed by atoms with van der Waals surface area (Å²) in [4.78, 5) is 25.3. The molecule has 0 saturated heterocycles. The van der Waals surface area contributed by atoms with Crippen molar-refractivity contribution < 1.29 is 14.3 Å². The van der Waals surface area contributed by atoms with Crippen molar-refractivity contribution in [3.8, 4) is 17.6 Å². The van der Waals surface area contributed by atoms with E-state index in [-0.39, 0.29) is 23.8 Å². The Morgan fingerprint density at radius 1 is 1.24 bits per heavy atom. The van der Waals surface area contributed by atoms with Crippen LogP contribution in [0.2, 0.25) is 5.02 Å². The number of rotatable bonds is 8. The van der Waals surface area contributed by atoms with Gasteiger partial charge in [0.1, 0.15) is 18.2 Å². The van der Waals surface area contributed by atoms with Crippen molar-refractivity contribution in [1.82, 2.24) is 29.9 Å². The predicted octanol–water partition coefficient (Wildman–Crippen LogP) is 2.55. The maximum absolute atomic E-state index is 12.9. The van der Waals surface area contributed by atoms with Crippen LogP contribution in [-0.2, 0) is 9.53 Å². The van der Waals surface area contributed by atoms with Crippen LogP contribution in [-0.4, -0.2) is 55.2 Å². The maximum Gasteiger partial charge on any atom is 0.269 e. The molecular formula is C21H17ClN8O3. The van der Waals surface area contributed by atoms with Gasteiger partial charge in [0.25, 0.3) is 5.91 Å². The third-order valence-corrected chi connectivity index (χ3v) is 4.77. The summed E-state index contributed by atoms with van der Waals surface area (Å²) in [6.45, 7) is 2.14. The first-order valence-corrected chi connectivity index (χ1v) is 10.2. The Morgan fingerprint density at radius 3 is 2.82 bits per heavy atom. The van der Waals surface area contributed by atoms with E-state index in [0.717, 1.165) is 0 Å². The van der Waals surface area contributed by atoms with Crippen molar-refractivity contribution >= 4 is 34.5 Å². The summed E-state index contributed by atoms with van der Waals surface area (Å²) in [5.74, 6) is -0.182. The lowest BCUT2D eigenvalue weighted by Gasteiger charge is -2.17. The summed E-state index contributed by atoms with van der Waals surface area (Å²) in [5, 5.41) is 20.2. The molecule has 166 valence electrons. The monoisotopic (exact) mass is 464 g/mol. The number of hydrogen-bond acceptors (Lipinski definition) is 9. The zero-order valence-corrected chi connectivity index (χ0v) is 18.1. The van der Waals surface area contributed by atoms with Gasteiger partial charge in [-0.1, -0.05) is 28.9 Å². The molecule has 33 heavy (non-hydrogen) atoms. The van der Waals surface area contributed by atoms with Crippen molar-refractivity contribution in [3.63, 3.8) is 0 Å². The Balaban J connectivity index is 1.61. The molecule has 12 heteroatoms. The van der Waals surface area contributed by atoms with Crippen LogP contribution in [0.1, 0.15) is 12.5 Å². The topological polar surface area (TPSA) is 141 Å². The Kier molecular flexibility index (Phi) is 6.68. The first-order chi connectivity index (χ1) is 16.1. The average Bonchev–Trinajstić information content (AvgIpc) is 3.27. The van der Waals surface area contributed by atoms with Crippen LogP contribution >= 0.6 is 11.6 Å². The lowest BCUT2D eigenvalue weighted by molar-refractivity contribution is -0.125. The molecule has 0 aliphatic heterocycles. The summed E-state index contributed by atoms with van der Waals surface area (Å²) < 4.78 is 12.7. The van der Waals surface area contributed by atoms with Crippen LogP contribution in [0.15, 0.2) is 48.9 Å². The number of ether oxygens (including phenoxy) is 2. The van der Waals surface area contributed by atoms with E-state index in [1.54, 1.807) is 31.2 Å². The van der Waals surface area contributed by atoms with E-state index >= 15 is 0 Å². The third kappa shape index (κ3) is 4.87. The van der Waals surface area contributed by atoms with Gasteiger partial charge < -0.3 is 14.8 Å². The lowest BCUT2D eigenvalue weighted by atomic mass is 10.3. The highest BCUT2D eigenvalue weighted by atomic mass is 35.5. The Hall–Kier alpha value is -4.14. The number of carbonyl (C=O) groups is 1. The number of hydrogen-bond donors (Lipinski definition) is 1. The Bertz CT molecular complexity index is 1320. The highest BCUT2D eigenvalue weighted by Gasteiger charge is 2.25. The molecule has 4 rings (SSSR count). The van der Waals surface area contributed by atoms with Crippen LogP contribution in [0, 0.1) is 11.3 Å². The van der Waals surface area contributed by atoms with Gasteiger partial charge in [-0.05, 0) is 31.2 Å². The minimum absolute atomic E-state index is 0.0389. The van der Waals surface area contributed by atoms with Gasteiger partial charge in [0.2, 0.25) is 12.0 Å². The molecule has 3 heterocycles. The number of nitrogens with one attached hydrogen (secondary N) is 1. The number of amides is 1. The van der Waals surface area contributed by atoms with Gasteiger partial charge >= 0.3 is 0 Å². The fourth-order valence-corrected chi connectivity index (χ4v) is 3.08.